The van der Waals surface area contributed by atoms with E-state index in [9.17, 15) is 9.59 Å². The van der Waals surface area contributed by atoms with Crippen LogP contribution in [0.2, 0.25) is 0 Å². The van der Waals surface area contributed by atoms with Crippen LogP contribution in [0.25, 0.3) is 0 Å². The zero-order chi connectivity index (χ0) is 17.1. The van der Waals surface area contributed by atoms with Crippen LogP contribution >= 0.6 is 0 Å². The van der Waals surface area contributed by atoms with Crippen molar-refractivity contribution in [3.63, 3.8) is 0 Å². The Bertz CT molecular complexity index is 612. The summed E-state index contributed by atoms with van der Waals surface area (Å²) in [5, 5.41) is 6.27. The van der Waals surface area contributed by atoms with Crippen LogP contribution in [0.1, 0.15) is 31.4 Å². The van der Waals surface area contributed by atoms with Gasteiger partial charge in [-0.3, -0.25) is 9.59 Å². The van der Waals surface area contributed by atoms with Crippen LogP contribution in [0.15, 0.2) is 24.3 Å². The minimum absolute atomic E-state index is 0.0203. The van der Waals surface area contributed by atoms with E-state index in [2.05, 4.69) is 22.8 Å². The summed E-state index contributed by atoms with van der Waals surface area (Å²) in [6.07, 6.45) is 1.40. The molecule has 2 aliphatic heterocycles. The standard InChI is InChI=1S/C19H27N3O2/c1-3-13(2)19(24)22-12-16-7-5-4-6-15(16)8-17(22)18(23)21-11-14-9-20-10-14/h4-7,13-14,17,20H,3,8-12H2,1-2H3,(H,21,23). The summed E-state index contributed by atoms with van der Waals surface area (Å²) in [5.41, 5.74) is 2.33. The summed E-state index contributed by atoms with van der Waals surface area (Å²) in [4.78, 5) is 27.3. The number of amides is 2. The maximum Gasteiger partial charge on any atom is 0.243 e. The minimum Gasteiger partial charge on any atom is -0.354 e. The number of nitrogens with zero attached hydrogens (tertiary/aromatic N) is 1. The number of hydrogen-bond acceptors (Lipinski definition) is 3. The fourth-order valence-corrected chi connectivity index (χ4v) is 3.30. The third kappa shape index (κ3) is 3.46. The fourth-order valence-electron chi connectivity index (χ4n) is 3.30. The number of nitrogens with one attached hydrogen (secondary N) is 2. The van der Waals surface area contributed by atoms with Crippen LogP contribution in [0.3, 0.4) is 0 Å². The minimum atomic E-state index is -0.394. The second-order valence-corrected chi connectivity index (χ2v) is 7.03. The zero-order valence-electron chi connectivity index (χ0n) is 14.5. The highest BCUT2D eigenvalue weighted by Gasteiger charge is 2.36. The van der Waals surface area contributed by atoms with Crippen molar-refractivity contribution in [1.82, 2.24) is 15.5 Å². The predicted octanol–water partition coefficient (Wildman–Crippen LogP) is 1.32. The van der Waals surface area contributed by atoms with Gasteiger partial charge in [0, 0.05) is 44.4 Å². The molecule has 1 aromatic carbocycles. The molecule has 3 rings (SSSR count). The van der Waals surface area contributed by atoms with E-state index >= 15 is 0 Å². The van der Waals surface area contributed by atoms with E-state index in [0.717, 1.165) is 25.1 Å². The maximum absolute atomic E-state index is 12.8. The monoisotopic (exact) mass is 329 g/mol. The highest BCUT2D eigenvalue weighted by atomic mass is 16.2. The third-order valence-corrected chi connectivity index (χ3v) is 5.30. The first-order chi connectivity index (χ1) is 11.6. The highest BCUT2D eigenvalue weighted by Crippen LogP contribution is 2.25. The maximum atomic E-state index is 12.8. The number of fused-ring (bicyclic) bond motifs is 1. The summed E-state index contributed by atoms with van der Waals surface area (Å²) in [7, 11) is 0. The van der Waals surface area contributed by atoms with Crippen molar-refractivity contribution in [2.75, 3.05) is 19.6 Å². The van der Waals surface area contributed by atoms with Crippen molar-refractivity contribution < 1.29 is 9.59 Å². The molecule has 2 heterocycles. The van der Waals surface area contributed by atoms with Crippen LogP contribution < -0.4 is 10.6 Å². The second kappa shape index (κ2) is 7.34. The SMILES string of the molecule is CCC(C)C(=O)N1Cc2ccccc2CC1C(=O)NCC1CNC1. The molecule has 2 aliphatic rings. The summed E-state index contributed by atoms with van der Waals surface area (Å²) < 4.78 is 0. The van der Waals surface area contributed by atoms with Gasteiger partial charge in [-0.05, 0) is 17.5 Å². The van der Waals surface area contributed by atoms with E-state index in [0.29, 0.717) is 25.4 Å². The molecular weight excluding hydrogens is 302 g/mol. The first-order valence-corrected chi connectivity index (χ1v) is 8.95. The van der Waals surface area contributed by atoms with Gasteiger partial charge in [0.15, 0.2) is 0 Å². The van der Waals surface area contributed by atoms with Crippen LogP contribution in [0.4, 0.5) is 0 Å². The number of rotatable bonds is 5. The lowest BCUT2D eigenvalue weighted by atomic mass is 9.91. The second-order valence-electron chi connectivity index (χ2n) is 7.03. The Balaban J connectivity index is 1.76. The van der Waals surface area contributed by atoms with Crippen molar-refractivity contribution in [2.45, 2.75) is 39.3 Å². The summed E-state index contributed by atoms with van der Waals surface area (Å²) >= 11 is 0. The van der Waals surface area contributed by atoms with E-state index in [1.54, 1.807) is 4.90 Å². The summed E-state index contributed by atoms with van der Waals surface area (Å²) in [6, 6.07) is 7.72. The lowest BCUT2D eigenvalue weighted by Gasteiger charge is -2.38. The van der Waals surface area contributed by atoms with Gasteiger partial charge in [-0.1, -0.05) is 38.1 Å². The number of hydrogen-bond donors (Lipinski definition) is 2. The van der Waals surface area contributed by atoms with E-state index < -0.39 is 6.04 Å². The molecule has 0 aromatic heterocycles. The Labute approximate surface area is 143 Å². The zero-order valence-corrected chi connectivity index (χ0v) is 14.5. The Kier molecular flexibility index (Phi) is 5.19. The summed E-state index contributed by atoms with van der Waals surface area (Å²) in [6.45, 7) is 7.10. The fraction of sp³-hybridized carbons (Fsp3) is 0.579. The number of carbonyl (C=O) groups is 2. The quantitative estimate of drug-likeness (QED) is 0.856. The largest absolute Gasteiger partial charge is 0.354 e. The van der Waals surface area contributed by atoms with Crippen molar-refractivity contribution in [3.8, 4) is 0 Å². The van der Waals surface area contributed by atoms with Gasteiger partial charge in [-0.2, -0.15) is 0 Å². The normalized spacial score (nSPS) is 21.6. The van der Waals surface area contributed by atoms with E-state index in [4.69, 9.17) is 0 Å². The lowest BCUT2D eigenvalue weighted by molar-refractivity contribution is -0.144. The van der Waals surface area contributed by atoms with Crippen molar-refractivity contribution >= 4 is 11.8 Å². The van der Waals surface area contributed by atoms with Crippen LogP contribution in [0.5, 0.6) is 0 Å². The molecule has 0 radical (unpaired) electrons. The molecular formula is C19H27N3O2. The topological polar surface area (TPSA) is 61.4 Å². The molecule has 24 heavy (non-hydrogen) atoms. The molecule has 2 atom stereocenters. The van der Waals surface area contributed by atoms with Crippen LogP contribution in [-0.2, 0) is 22.6 Å². The van der Waals surface area contributed by atoms with Crippen molar-refractivity contribution in [1.29, 1.82) is 0 Å². The molecule has 0 saturated carbocycles. The van der Waals surface area contributed by atoms with E-state index in [1.165, 1.54) is 5.56 Å². The smallest absolute Gasteiger partial charge is 0.243 e. The van der Waals surface area contributed by atoms with Crippen molar-refractivity contribution in [3.05, 3.63) is 35.4 Å². The molecule has 130 valence electrons. The molecule has 1 fully saturated rings. The van der Waals surface area contributed by atoms with Gasteiger partial charge in [0.05, 0.1) is 0 Å². The number of benzene rings is 1. The molecule has 1 aromatic rings. The Morgan fingerprint density at radius 1 is 1.29 bits per heavy atom. The molecule has 2 unspecified atom stereocenters. The summed E-state index contributed by atoms with van der Waals surface area (Å²) in [5.74, 6) is 0.524. The van der Waals surface area contributed by atoms with Gasteiger partial charge in [-0.25, -0.2) is 0 Å². The Morgan fingerprint density at radius 2 is 2.00 bits per heavy atom. The van der Waals surface area contributed by atoms with Gasteiger partial charge in [0.1, 0.15) is 6.04 Å². The van der Waals surface area contributed by atoms with E-state index in [-0.39, 0.29) is 17.7 Å². The number of carbonyl (C=O) groups excluding carboxylic acids is 2. The highest BCUT2D eigenvalue weighted by molar-refractivity contribution is 5.89. The Hall–Kier alpha value is -1.88. The van der Waals surface area contributed by atoms with E-state index in [1.807, 2.05) is 26.0 Å². The van der Waals surface area contributed by atoms with Gasteiger partial charge >= 0.3 is 0 Å². The average Bonchev–Trinajstić information content (AvgIpc) is 2.57. The molecule has 5 nitrogen and oxygen atoms in total. The molecule has 1 saturated heterocycles. The van der Waals surface area contributed by atoms with Crippen LogP contribution in [-0.4, -0.2) is 42.4 Å². The first kappa shape index (κ1) is 17.0. The molecule has 2 N–H and O–H groups in total. The van der Waals surface area contributed by atoms with Gasteiger partial charge in [0.2, 0.25) is 11.8 Å². The van der Waals surface area contributed by atoms with Crippen molar-refractivity contribution in [2.24, 2.45) is 11.8 Å². The molecule has 0 bridgehead atoms. The molecule has 0 aliphatic carbocycles. The third-order valence-electron chi connectivity index (χ3n) is 5.30. The van der Waals surface area contributed by atoms with Crippen LogP contribution in [0, 0.1) is 11.8 Å². The van der Waals surface area contributed by atoms with Gasteiger partial charge in [0.25, 0.3) is 0 Å². The predicted molar refractivity (Wildman–Crippen MR) is 93.3 cm³/mol. The molecule has 5 heteroatoms. The van der Waals surface area contributed by atoms with Gasteiger partial charge in [-0.15, -0.1) is 0 Å². The molecule has 2 amide bonds. The molecule has 0 spiro atoms. The lowest BCUT2D eigenvalue weighted by Crippen LogP contribution is -2.56. The Morgan fingerprint density at radius 3 is 2.62 bits per heavy atom. The first-order valence-electron chi connectivity index (χ1n) is 8.95. The average molecular weight is 329 g/mol. The van der Waals surface area contributed by atoms with Gasteiger partial charge < -0.3 is 15.5 Å².